The van der Waals surface area contributed by atoms with Crippen molar-refractivity contribution >= 4 is 0 Å². The molecule has 3 heteroatoms. The Morgan fingerprint density at radius 3 is 2.58 bits per heavy atom. The molecule has 2 aromatic rings. The zero-order chi connectivity index (χ0) is 13.7. The first-order chi connectivity index (χ1) is 9.24. The molecule has 0 bridgehead atoms. The van der Waals surface area contributed by atoms with Gasteiger partial charge in [-0.15, -0.1) is 0 Å². The number of furan rings is 1. The first kappa shape index (κ1) is 13.7. The topological polar surface area (TPSA) is 48.4 Å². The fraction of sp³-hybridized carbons (Fsp3) is 0.375. The Morgan fingerprint density at radius 1 is 1.21 bits per heavy atom. The van der Waals surface area contributed by atoms with Gasteiger partial charge in [0.05, 0.1) is 13.4 Å². The van der Waals surface area contributed by atoms with Gasteiger partial charge in [-0.25, -0.2) is 0 Å². The van der Waals surface area contributed by atoms with Crippen LogP contribution in [0.5, 0.6) is 5.75 Å². The number of rotatable bonds is 6. The number of aryl methyl sites for hydroxylation is 2. The van der Waals surface area contributed by atoms with Crippen molar-refractivity contribution in [1.82, 2.24) is 0 Å². The molecule has 1 aromatic carbocycles. The van der Waals surface area contributed by atoms with Crippen molar-refractivity contribution in [2.24, 2.45) is 5.73 Å². The molecule has 0 saturated carbocycles. The number of ether oxygens (including phenoxy) is 1. The lowest BCUT2D eigenvalue weighted by molar-refractivity contribution is 0.414. The molecule has 0 aliphatic rings. The second-order valence-corrected chi connectivity index (χ2v) is 4.65. The largest absolute Gasteiger partial charge is 0.497 e. The maximum atomic E-state index is 6.24. The molecule has 102 valence electrons. The minimum absolute atomic E-state index is 0.0378. The van der Waals surface area contributed by atoms with Gasteiger partial charge >= 0.3 is 0 Å². The lowest BCUT2D eigenvalue weighted by Crippen LogP contribution is -2.12. The Hall–Kier alpha value is -1.74. The molecule has 1 atom stereocenters. The summed E-state index contributed by atoms with van der Waals surface area (Å²) >= 11 is 0. The molecule has 1 heterocycles. The lowest BCUT2D eigenvalue weighted by atomic mass is 9.99. The Morgan fingerprint density at radius 2 is 1.95 bits per heavy atom. The van der Waals surface area contributed by atoms with Gasteiger partial charge in [0.2, 0.25) is 0 Å². The van der Waals surface area contributed by atoms with Gasteiger partial charge in [0.25, 0.3) is 0 Å². The number of methoxy groups -OCH3 is 1. The van der Waals surface area contributed by atoms with E-state index in [4.69, 9.17) is 14.9 Å². The van der Waals surface area contributed by atoms with Gasteiger partial charge in [-0.05, 0) is 36.6 Å². The first-order valence-corrected chi connectivity index (χ1v) is 6.69. The van der Waals surface area contributed by atoms with E-state index in [1.54, 1.807) is 13.4 Å². The van der Waals surface area contributed by atoms with Gasteiger partial charge in [-0.1, -0.05) is 19.1 Å². The van der Waals surface area contributed by atoms with Crippen molar-refractivity contribution in [3.8, 4) is 5.75 Å². The van der Waals surface area contributed by atoms with Crippen LogP contribution in [0.4, 0.5) is 0 Å². The third kappa shape index (κ3) is 3.38. The Kier molecular flexibility index (Phi) is 4.63. The molecule has 3 nitrogen and oxygen atoms in total. The number of hydrogen-bond donors (Lipinski definition) is 1. The van der Waals surface area contributed by atoms with E-state index in [2.05, 4.69) is 19.1 Å². The van der Waals surface area contributed by atoms with Gasteiger partial charge in [0, 0.05) is 18.0 Å². The van der Waals surface area contributed by atoms with Crippen LogP contribution in [-0.4, -0.2) is 7.11 Å². The number of benzene rings is 1. The van der Waals surface area contributed by atoms with Crippen molar-refractivity contribution in [1.29, 1.82) is 0 Å². The normalized spacial score (nSPS) is 12.4. The van der Waals surface area contributed by atoms with Crippen molar-refractivity contribution in [3.05, 3.63) is 53.5 Å². The van der Waals surface area contributed by atoms with E-state index in [-0.39, 0.29) is 6.04 Å². The zero-order valence-corrected chi connectivity index (χ0v) is 11.6. The molecule has 0 aliphatic carbocycles. The third-order valence-electron chi connectivity index (χ3n) is 3.40. The molecule has 0 spiro atoms. The predicted octanol–water partition coefficient (Wildman–Crippen LogP) is 3.48. The second-order valence-electron chi connectivity index (χ2n) is 4.65. The molecule has 19 heavy (non-hydrogen) atoms. The van der Waals surface area contributed by atoms with Crippen LogP contribution < -0.4 is 10.5 Å². The monoisotopic (exact) mass is 259 g/mol. The quantitative estimate of drug-likeness (QED) is 0.864. The Balaban J connectivity index is 1.94. The minimum Gasteiger partial charge on any atom is -0.497 e. The van der Waals surface area contributed by atoms with E-state index < -0.39 is 0 Å². The Labute approximate surface area is 114 Å². The smallest absolute Gasteiger partial charge is 0.118 e. The molecule has 0 aliphatic heterocycles. The van der Waals surface area contributed by atoms with E-state index in [1.165, 1.54) is 5.56 Å². The van der Waals surface area contributed by atoms with Gasteiger partial charge in [-0.3, -0.25) is 0 Å². The molecule has 2 N–H and O–H groups in total. The van der Waals surface area contributed by atoms with E-state index in [0.717, 1.165) is 36.3 Å². The highest BCUT2D eigenvalue weighted by molar-refractivity contribution is 5.28. The van der Waals surface area contributed by atoms with Crippen LogP contribution in [0.15, 0.2) is 41.0 Å². The standard InChI is InChI=1S/C16H21NO2/c1-3-16-14(10-11-19-16)15(17)9-6-12-4-7-13(18-2)8-5-12/h4-5,7-8,10-11,15H,3,6,9,17H2,1-2H3. The highest BCUT2D eigenvalue weighted by Crippen LogP contribution is 2.22. The summed E-state index contributed by atoms with van der Waals surface area (Å²) in [5, 5.41) is 0. The van der Waals surface area contributed by atoms with Crippen LogP contribution in [0.25, 0.3) is 0 Å². The maximum absolute atomic E-state index is 6.24. The van der Waals surface area contributed by atoms with E-state index in [9.17, 15) is 0 Å². The molecule has 0 radical (unpaired) electrons. The molecular formula is C16H21NO2. The third-order valence-corrected chi connectivity index (χ3v) is 3.40. The first-order valence-electron chi connectivity index (χ1n) is 6.69. The highest BCUT2D eigenvalue weighted by atomic mass is 16.5. The average Bonchev–Trinajstić information content (AvgIpc) is 2.93. The molecule has 0 fully saturated rings. The fourth-order valence-corrected chi connectivity index (χ4v) is 2.24. The number of hydrogen-bond acceptors (Lipinski definition) is 3. The number of nitrogens with two attached hydrogens (primary N) is 1. The van der Waals surface area contributed by atoms with Gasteiger partial charge in [-0.2, -0.15) is 0 Å². The van der Waals surface area contributed by atoms with E-state index >= 15 is 0 Å². The van der Waals surface area contributed by atoms with Crippen molar-refractivity contribution in [3.63, 3.8) is 0 Å². The molecule has 1 aromatic heterocycles. The SMILES string of the molecule is CCc1occc1C(N)CCc1ccc(OC)cc1. The van der Waals surface area contributed by atoms with Gasteiger partial charge in [0.15, 0.2) is 0 Å². The zero-order valence-electron chi connectivity index (χ0n) is 11.6. The average molecular weight is 259 g/mol. The predicted molar refractivity (Wildman–Crippen MR) is 76.3 cm³/mol. The Bertz CT molecular complexity index is 502. The highest BCUT2D eigenvalue weighted by Gasteiger charge is 2.12. The van der Waals surface area contributed by atoms with Crippen LogP contribution in [-0.2, 0) is 12.8 Å². The van der Waals surface area contributed by atoms with Crippen molar-refractivity contribution in [2.75, 3.05) is 7.11 Å². The van der Waals surface area contributed by atoms with Gasteiger partial charge in [0.1, 0.15) is 11.5 Å². The summed E-state index contributed by atoms with van der Waals surface area (Å²) < 4.78 is 10.6. The molecular weight excluding hydrogens is 238 g/mol. The van der Waals surface area contributed by atoms with Crippen LogP contribution in [0.2, 0.25) is 0 Å². The lowest BCUT2D eigenvalue weighted by Gasteiger charge is -2.11. The summed E-state index contributed by atoms with van der Waals surface area (Å²) in [6.45, 7) is 2.08. The summed E-state index contributed by atoms with van der Waals surface area (Å²) in [5.41, 5.74) is 8.65. The molecule has 0 amide bonds. The molecule has 1 unspecified atom stereocenters. The summed E-state index contributed by atoms with van der Waals surface area (Å²) in [6.07, 6.45) is 4.48. The molecule has 0 saturated heterocycles. The van der Waals surface area contributed by atoms with Crippen LogP contribution in [0.3, 0.4) is 0 Å². The fourth-order valence-electron chi connectivity index (χ4n) is 2.24. The van der Waals surface area contributed by atoms with Crippen LogP contribution >= 0.6 is 0 Å². The van der Waals surface area contributed by atoms with Gasteiger partial charge < -0.3 is 14.9 Å². The van der Waals surface area contributed by atoms with Crippen molar-refractivity contribution in [2.45, 2.75) is 32.2 Å². The summed E-state index contributed by atoms with van der Waals surface area (Å²) in [6, 6.07) is 10.2. The van der Waals surface area contributed by atoms with E-state index in [0.29, 0.717) is 0 Å². The summed E-state index contributed by atoms with van der Waals surface area (Å²) in [4.78, 5) is 0. The van der Waals surface area contributed by atoms with Crippen molar-refractivity contribution < 1.29 is 9.15 Å². The van der Waals surface area contributed by atoms with Crippen LogP contribution in [0.1, 0.15) is 36.3 Å². The minimum atomic E-state index is 0.0378. The summed E-state index contributed by atoms with van der Waals surface area (Å²) in [7, 11) is 1.68. The second kappa shape index (κ2) is 6.43. The molecule has 2 rings (SSSR count). The van der Waals surface area contributed by atoms with Crippen LogP contribution in [0, 0.1) is 0 Å². The summed E-state index contributed by atoms with van der Waals surface area (Å²) in [5.74, 6) is 1.89. The van der Waals surface area contributed by atoms with E-state index in [1.807, 2.05) is 18.2 Å². The maximum Gasteiger partial charge on any atom is 0.118 e.